The summed E-state index contributed by atoms with van der Waals surface area (Å²) in [4.78, 5) is 2.59. The van der Waals surface area contributed by atoms with Crippen molar-refractivity contribution in [3.8, 4) is 0 Å². The van der Waals surface area contributed by atoms with E-state index in [1.807, 2.05) is 6.07 Å². The Morgan fingerprint density at radius 2 is 1.95 bits per heavy atom. The number of rotatable bonds is 6. The SMILES string of the molecule is CC(CNC(C)c1cc(Cl)sc1Cl)CN1CCCCC1. The number of halogens is 2. The number of nitrogens with one attached hydrogen (secondary N) is 1. The Hall–Kier alpha value is 0.200. The number of piperidine rings is 1. The Morgan fingerprint density at radius 3 is 2.55 bits per heavy atom. The van der Waals surface area contributed by atoms with Gasteiger partial charge < -0.3 is 10.2 Å². The lowest BCUT2D eigenvalue weighted by Crippen LogP contribution is -2.37. The van der Waals surface area contributed by atoms with Gasteiger partial charge in [-0.3, -0.25) is 0 Å². The minimum absolute atomic E-state index is 0.259. The van der Waals surface area contributed by atoms with Crippen molar-refractivity contribution < 1.29 is 0 Å². The first-order valence-corrected chi connectivity index (χ1v) is 9.04. The Morgan fingerprint density at radius 1 is 1.25 bits per heavy atom. The molecule has 0 aliphatic carbocycles. The molecule has 2 rings (SSSR count). The van der Waals surface area contributed by atoms with E-state index in [1.54, 1.807) is 0 Å². The highest BCUT2D eigenvalue weighted by atomic mass is 35.5. The normalized spacial score (nSPS) is 20.0. The molecule has 2 unspecified atom stereocenters. The van der Waals surface area contributed by atoms with Gasteiger partial charge in [0.1, 0.15) is 0 Å². The zero-order valence-corrected chi connectivity index (χ0v) is 14.6. The Balaban J connectivity index is 1.74. The quantitative estimate of drug-likeness (QED) is 0.801. The summed E-state index contributed by atoms with van der Waals surface area (Å²) in [6.45, 7) is 9.21. The van der Waals surface area contributed by atoms with Crippen LogP contribution in [0.5, 0.6) is 0 Å². The van der Waals surface area contributed by atoms with E-state index >= 15 is 0 Å². The van der Waals surface area contributed by atoms with E-state index in [0.29, 0.717) is 5.92 Å². The summed E-state index contributed by atoms with van der Waals surface area (Å²) < 4.78 is 1.57. The summed E-state index contributed by atoms with van der Waals surface area (Å²) in [5.74, 6) is 0.656. The predicted octanol–water partition coefficient (Wildman–Crippen LogP) is 4.83. The third kappa shape index (κ3) is 4.88. The number of likely N-dealkylation sites (tertiary alicyclic amines) is 1. The van der Waals surface area contributed by atoms with Crippen molar-refractivity contribution in [1.29, 1.82) is 0 Å². The molecule has 2 heterocycles. The third-order valence-electron chi connectivity index (χ3n) is 3.94. The molecule has 1 aliphatic heterocycles. The predicted molar refractivity (Wildman–Crippen MR) is 90.2 cm³/mol. The van der Waals surface area contributed by atoms with Crippen molar-refractivity contribution in [2.24, 2.45) is 5.92 Å². The average molecular weight is 335 g/mol. The van der Waals surface area contributed by atoms with Crippen LogP contribution in [0.4, 0.5) is 0 Å². The summed E-state index contributed by atoms with van der Waals surface area (Å²) in [7, 11) is 0. The molecule has 20 heavy (non-hydrogen) atoms. The molecule has 1 aromatic rings. The molecule has 2 nitrogen and oxygen atoms in total. The highest BCUT2D eigenvalue weighted by Crippen LogP contribution is 2.34. The average Bonchev–Trinajstić information content (AvgIpc) is 2.76. The van der Waals surface area contributed by atoms with Crippen LogP contribution < -0.4 is 5.32 Å². The molecule has 0 saturated carbocycles. The van der Waals surface area contributed by atoms with Gasteiger partial charge in [-0.1, -0.05) is 36.5 Å². The van der Waals surface area contributed by atoms with Crippen LogP contribution in [0.2, 0.25) is 8.67 Å². The number of nitrogens with zero attached hydrogens (tertiary/aromatic N) is 1. The van der Waals surface area contributed by atoms with Gasteiger partial charge in [0.05, 0.1) is 8.67 Å². The maximum atomic E-state index is 6.20. The van der Waals surface area contributed by atoms with Gasteiger partial charge in [-0.05, 0) is 56.9 Å². The lowest BCUT2D eigenvalue weighted by Gasteiger charge is -2.29. The zero-order chi connectivity index (χ0) is 14.5. The van der Waals surface area contributed by atoms with Crippen molar-refractivity contribution >= 4 is 34.5 Å². The second-order valence-electron chi connectivity index (χ2n) is 5.88. The monoisotopic (exact) mass is 334 g/mol. The first-order chi connectivity index (χ1) is 9.56. The second-order valence-corrected chi connectivity index (χ2v) is 8.16. The molecular formula is C15H24Cl2N2S. The van der Waals surface area contributed by atoms with E-state index in [0.717, 1.165) is 20.8 Å². The Bertz CT molecular complexity index is 416. The molecule has 0 spiro atoms. The number of thiophene rings is 1. The minimum Gasteiger partial charge on any atom is -0.310 e. The standard InChI is InChI=1S/C15H24Cl2N2S/c1-11(10-19-6-4-3-5-7-19)9-18-12(2)13-8-14(16)20-15(13)17/h8,11-12,18H,3-7,9-10H2,1-2H3. The first kappa shape index (κ1) is 16.6. The minimum atomic E-state index is 0.259. The van der Waals surface area contributed by atoms with Crippen molar-refractivity contribution in [2.45, 2.75) is 39.2 Å². The van der Waals surface area contributed by atoms with Gasteiger partial charge in [0, 0.05) is 12.6 Å². The number of hydrogen-bond acceptors (Lipinski definition) is 3. The van der Waals surface area contributed by atoms with Crippen LogP contribution >= 0.6 is 34.5 Å². The fourth-order valence-corrected chi connectivity index (χ4v) is 4.43. The second kappa shape index (κ2) is 8.00. The fourth-order valence-electron chi connectivity index (χ4n) is 2.78. The van der Waals surface area contributed by atoms with Gasteiger partial charge in [0.25, 0.3) is 0 Å². The molecule has 1 aliphatic rings. The van der Waals surface area contributed by atoms with Crippen molar-refractivity contribution in [3.05, 3.63) is 20.3 Å². The molecule has 1 saturated heterocycles. The van der Waals surface area contributed by atoms with Gasteiger partial charge in [-0.15, -0.1) is 11.3 Å². The van der Waals surface area contributed by atoms with Crippen molar-refractivity contribution in [2.75, 3.05) is 26.2 Å². The molecule has 5 heteroatoms. The van der Waals surface area contributed by atoms with Gasteiger partial charge in [-0.2, -0.15) is 0 Å². The van der Waals surface area contributed by atoms with E-state index in [1.165, 1.54) is 50.2 Å². The van der Waals surface area contributed by atoms with Gasteiger partial charge in [-0.25, -0.2) is 0 Å². The third-order valence-corrected chi connectivity index (χ3v) is 5.46. The van der Waals surface area contributed by atoms with Crippen LogP contribution in [0.15, 0.2) is 6.07 Å². The highest BCUT2D eigenvalue weighted by Gasteiger charge is 2.16. The Kier molecular flexibility index (Phi) is 6.63. The summed E-state index contributed by atoms with van der Waals surface area (Å²) in [6.07, 6.45) is 4.12. The largest absolute Gasteiger partial charge is 0.310 e. The molecule has 0 bridgehead atoms. The molecule has 0 aromatic carbocycles. The fraction of sp³-hybridized carbons (Fsp3) is 0.733. The molecule has 0 radical (unpaired) electrons. The highest BCUT2D eigenvalue weighted by molar-refractivity contribution is 7.20. The Labute approximate surface area is 136 Å². The maximum Gasteiger partial charge on any atom is 0.0991 e. The van der Waals surface area contributed by atoms with Gasteiger partial charge in [0.2, 0.25) is 0 Å². The smallest absolute Gasteiger partial charge is 0.0991 e. The van der Waals surface area contributed by atoms with Crippen LogP contribution in [0.3, 0.4) is 0 Å². The van der Waals surface area contributed by atoms with Crippen LogP contribution in [-0.4, -0.2) is 31.1 Å². The summed E-state index contributed by atoms with van der Waals surface area (Å²) in [5.41, 5.74) is 1.12. The van der Waals surface area contributed by atoms with E-state index in [-0.39, 0.29) is 6.04 Å². The van der Waals surface area contributed by atoms with E-state index < -0.39 is 0 Å². The van der Waals surface area contributed by atoms with E-state index in [4.69, 9.17) is 23.2 Å². The van der Waals surface area contributed by atoms with E-state index in [9.17, 15) is 0 Å². The van der Waals surface area contributed by atoms with Crippen molar-refractivity contribution in [1.82, 2.24) is 10.2 Å². The van der Waals surface area contributed by atoms with E-state index in [2.05, 4.69) is 24.1 Å². The molecule has 1 aromatic heterocycles. The molecule has 1 N–H and O–H groups in total. The molecule has 2 atom stereocenters. The lowest BCUT2D eigenvalue weighted by molar-refractivity contribution is 0.197. The molecular weight excluding hydrogens is 311 g/mol. The molecule has 0 amide bonds. The van der Waals surface area contributed by atoms with Crippen molar-refractivity contribution in [3.63, 3.8) is 0 Å². The van der Waals surface area contributed by atoms with Crippen LogP contribution in [-0.2, 0) is 0 Å². The van der Waals surface area contributed by atoms with Gasteiger partial charge in [0.15, 0.2) is 0 Å². The van der Waals surface area contributed by atoms with Crippen LogP contribution in [0.25, 0.3) is 0 Å². The lowest BCUT2D eigenvalue weighted by atomic mass is 10.1. The summed E-state index contributed by atoms with van der Waals surface area (Å²) >= 11 is 13.6. The molecule has 114 valence electrons. The maximum absolute atomic E-state index is 6.20. The number of hydrogen-bond donors (Lipinski definition) is 1. The topological polar surface area (TPSA) is 15.3 Å². The van der Waals surface area contributed by atoms with Crippen LogP contribution in [0.1, 0.15) is 44.7 Å². The zero-order valence-electron chi connectivity index (χ0n) is 12.3. The van der Waals surface area contributed by atoms with Gasteiger partial charge >= 0.3 is 0 Å². The summed E-state index contributed by atoms with van der Waals surface area (Å²) in [6, 6.07) is 2.23. The molecule has 1 fully saturated rings. The van der Waals surface area contributed by atoms with Crippen LogP contribution in [0, 0.1) is 5.92 Å². The summed E-state index contributed by atoms with van der Waals surface area (Å²) in [5, 5.41) is 3.58. The first-order valence-electron chi connectivity index (χ1n) is 7.46.